The fourth-order valence-corrected chi connectivity index (χ4v) is 3.99. The Morgan fingerprint density at radius 1 is 1.14 bits per heavy atom. The summed E-state index contributed by atoms with van der Waals surface area (Å²) in [6, 6.07) is 11.0. The second-order valence-corrected chi connectivity index (χ2v) is 8.69. The van der Waals surface area contributed by atoms with Crippen LogP contribution in [0, 0.1) is 5.82 Å². The molecule has 1 heterocycles. The Morgan fingerprint density at radius 2 is 1.86 bits per heavy atom. The molecule has 0 radical (unpaired) electrons. The smallest absolute Gasteiger partial charge is 0.412 e. The number of carbonyl (C=O) groups excluding carboxylic acids is 2. The molecule has 7 heteroatoms. The van der Waals surface area contributed by atoms with Crippen LogP contribution in [-0.4, -0.2) is 23.4 Å². The largest absolute Gasteiger partial charge is 0.444 e. The van der Waals surface area contributed by atoms with E-state index in [1.807, 2.05) is 0 Å². The van der Waals surface area contributed by atoms with Crippen molar-refractivity contribution in [3.8, 4) is 0 Å². The number of halogens is 1. The van der Waals surface area contributed by atoms with E-state index in [1.165, 1.54) is 12.1 Å². The summed E-state index contributed by atoms with van der Waals surface area (Å²) < 4.78 is 18.8. The number of nitrogens with one attached hydrogen (secondary N) is 2. The van der Waals surface area contributed by atoms with Crippen molar-refractivity contribution in [2.75, 3.05) is 11.1 Å². The summed E-state index contributed by atoms with van der Waals surface area (Å²) in [7, 11) is 0. The first-order valence-corrected chi connectivity index (χ1v) is 10.0. The number of hydrogen-bond donors (Lipinski definition) is 2. The standard InChI is InChI=1S/C21H23FN2O3S/c1-21(2,3)27-20(26)23-15-7-4-13(5-8-15)19(25)24-17-10-11-28-18-9-6-14(22)12-16(17)18/h4-9,12,17H,10-11H2,1-3H3,(H,23,26)(H,24,25). The molecule has 0 aliphatic carbocycles. The fourth-order valence-electron chi connectivity index (χ4n) is 2.88. The molecule has 0 spiro atoms. The molecule has 2 aromatic carbocycles. The van der Waals surface area contributed by atoms with Gasteiger partial charge < -0.3 is 10.1 Å². The lowest BCUT2D eigenvalue weighted by molar-refractivity contribution is 0.0635. The first kappa shape index (κ1) is 20.2. The van der Waals surface area contributed by atoms with Gasteiger partial charge in [0, 0.05) is 21.9 Å². The van der Waals surface area contributed by atoms with E-state index in [2.05, 4.69) is 10.6 Å². The minimum absolute atomic E-state index is 0.223. The van der Waals surface area contributed by atoms with Gasteiger partial charge in [-0.25, -0.2) is 9.18 Å². The molecule has 148 valence electrons. The number of thioether (sulfide) groups is 1. The van der Waals surface area contributed by atoms with Gasteiger partial charge in [-0.1, -0.05) is 0 Å². The SMILES string of the molecule is CC(C)(C)OC(=O)Nc1ccc(C(=O)NC2CCSc3ccc(F)cc32)cc1. The van der Waals surface area contributed by atoms with Crippen molar-refractivity contribution in [2.24, 2.45) is 0 Å². The molecule has 0 bridgehead atoms. The first-order chi connectivity index (χ1) is 13.2. The molecule has 5 nitrogen and oxygen atoms in total. The number of ether oxygens (including phenoxy) is 1. The zero-order chi connectivity index (χ0) is 20.3. The van der Waals surface area contributed by atoms with E-state index in [9.17, 15) is 14.0 Å². The van der Waals surface area contributed by atoms with Gasteiger partial charge >= 0.3 is 6.09 Å². The van der Waals surface area contributed by atoms with E-state index >= 15 is 0 Å². The predicted molar refractivity (Wildman–Crippen MR) is 108 cm³/mol. The van der Waals surface area contributed by atoms with Crippen molar-refractivity contribution in [2.45, 2.75) is 43.7 Å². The van der Waals surface area contributed by atoms with Gasteiger partial charge in [0.25, 0.3) is 5.91 Å². The number of amides is 2. The third-order valence-corrected chi connectivity index (χ3v) is 5.23. The van der Waals surface area contributed by atoms with E-state index in [0.29, 0.717) is 11.3 Å². The molecule has 1 aliphatic rings. The van der Waals surface area contributed by atoms with E-state index in [0.717, 1.165) is 22.6 Å². The van der Waals surface area contributed by atoms with Gasteiger partial charge in [-0.2, -0.15) is 0 Å². The molecule has 2 aromatic rings. The monoisotopic (exact) mass is 402 g/mol. The molecule has 2 N–H and O–H groups in total. The summed E-state index contributed by atoms with van der Waals surface area (Å²) in [5.41, 5.74) is 1.23. The maximum Gasteiger partial charge on any atom is 0.412 e. The van der Waals surface area contributed by atoms with Crippen LogP contribution in [0.1, 0.15) is 49.2 Å². The van der Waals surface area contributed by atoms with Crippen LogP contribution >= 0.6 is 11.8 Å². The third kappa shape index (κ3) is 5.25. The Kier molecular flexibility index (Phi) is 5.93. The molecule has 3 rings (SSSR count). The van der Waals surface area contributed by atoms with Crippen LogP contribution in [0.15, 0.2) is 47.4 Å². The Morgan fingerprint density at radius 3 is 2.54 bits per heavy atom. The molecule has 0 fully saturated rings. The first-order valence-electron chi connectivity index (χ1n) is 9.04. The molecule has 0 aromatic heterocycles. The molecule has 2 amide bonds. The lowest BCUT2D eigenvalue weighted by atomic mass is 10.0. The normalized spacial score (nSPS) is 16.1. The fraction of sp³-hybridized carbons (Fsp3) is 0.333. The molecule has 1 aliphatic heterocycles. The van der Waals surface area contributed by atoms with Crippen LogP contribution in [0.5, 0.6) is 0 Å². The Labute approximate surface area is 168 Å². The van der Waals surface area contributed by atoms with Gasteiger partial charge in [0.05, 0.1) is 6.04 Å². The number of hydrogen-bond acceptors (Lipinski definition) is 4. The highest BCUT2D eigenvalue weighted by Gasteiger charge is 2.23. The summed E-state index contributed by atoms with van der Waals surface area (Å²) in [5, 5.41) is 5.61. The van der Waals surface area contributed by atoms with Gasteiger partial charge in [0.15, 0.2) is 0 Å². The van der Waals surface area contributed by atoms with Crippen LogP contribution in [-0.2, 0) is 4.74 Å². The molecule has 28 heavy (non-hydrogen) atoms. The molecular formula is C21H23FN2O3S. The van der Waals surface area contributed by atoms with Crippen molar-refractivity contribution in [1.82, 2.24) is 5.32 Å². The highest BCUT2D eigenvalue weighted by atomic mass is 32.2. The van der Waals surface area contributed by atoms with Crippen LogP contribution < -0.4 is 10.6 Å². The summed E-state index contributed by atoms with van der Waals surface area (Å²) in [5.74, 6) is 0.316. The summed E-state index contributed by atoms with van der Waals surface area (Å²) in [4.78, 5) is 25.4. The van der Waals surface area contributed by atoms with Gasteiger partial charge in [0.1, 0.15) is 11.4 Å². The average molecular weight is 402 g/mol. The Bertz CT molecular complexity index is 878. The highest BCUT2D eigenvalue weighted by molar-refractivity contribution is 7.99. The number of benzene rings is 2. The lowest BCUT2D eigenvalue weighted by Gasteiger charge is -2.26. The summed E-state index contributed by atoms with van der Waals surface area (Å²) in [6.07, 6.45) is 0.188. The maximum atomic E-state index is 13.6. The molecular weight excluding hydrogens is 379 g/mol. The predicted octanol–water partition coefficient (Wildman–Crippen LogP) is 5.14. The third-order valence-electron chi connectivity index (χ3n) is 4.11. The number of carbonyl (C=O) groups is 2. The molecule has 0 saturated carbocycles. The van der Waals surface area contributed by atoms with Gasteiger partial charge in [-0.05, 0) is 75.2 Å². The molecule has 1 unspecified atom stereocenters. The quantitative estimate of drug-likeness (QED) is 0.746. The Hall–Kier alpha value is -2.54. The Balaban J connectivity index is 1.65. The van der Waals surface area contributed by atoms with E-state index in [1.54, 1.807) is 62.9 Å². The van der Waals surface area contributed by atoms with Crippen molar-refractivity contribution < 1.29 is 18.7 Å². The van der Waals surface area contributed by atoms with Crippen LogP contribution in [0.25, 0.3) is 0 Å². The van der Waals surface area contributed by atoms with Crippen LogP contribution in [0.4, 0.5) is 14.9 Å². The molecule has 0 saturated heterocycles. The topological polar surface area (TPSA) is 67.4 Å². The summed E-state index contributed by atoms with van der Waals surface area (Å²) in [6.45, 7) is 5.36. The van der Waals surface area contributed by atoms with E-state index in [-0.39, 0.29) is 17.8 Å². The zero-order valence-electron chi connectivity index (χ0n) is 16.0. The van der Waals surface area contributed by atoms with Crippen molar-refractivity contribution in [3.63, 3.8) is 0 Å². The van der Waals surface area contributed by atoms with Gasteiger partial charge in [-0.15, -0.1) is 11.8 Å². The van der Waals surface area contributed by atoms with Gasteiger partial charge in [0.2, 0.25) is 0 Å². The van der Waals surface area contributed by atoms with Crippen molar-refractivity contribution >= 4 is 29.4 Å². The number of fused-ring (bicyclic) bond motifs is 1. The second kappa shape index (κ2) is 8.22. The van der Waals surface area contributed by atoms with E-state index in [4.69, 9.17) is 4.74 Å². The van der Waals surface area contributed by atoms with Crippen LogP contribution in [0.2, 0.25) is 0 Å². The minimum atomic E-state index is -0.585. The average Bonchev–Trinajstić information content (AvgIpc) is 2.61. The second-order valence-electron chi connectivity index (χ2n) is 7.55. The van der Waals surface area contributed by atoms with E-state index < -0.39 is 11.7 Å². The summed E-state index contributed by atoms with van der Waals surface area (Å²) >= 11 is 1.67. The number of rotatable bonds is 3. The molecule has 1 atom stereocenters. The number of anilines is 1. The maximum absolute atomic E-state index is 13.6. The van der Waals surface area contributed by atoms with Crippen molar-refractivity contribution in [1.29, 1.82) is 0 Å². The van der Waals surface area contributed by atoms with Crippen molar-refractivity contribution in [3.05, 3.63) is 59.4 Å². The minimum Gasteiger partial charge on any atom is -0.444 e. The highest BCUT2D eigenvalue weighted by Crippen LogP contribution is 2.36. The zero-order valence-corrected chi connectivity index (χ0v) is 16.9. The van der Waals surface area contributed by atoms with Crippen LogP contribution in [0.3, 0.4) is 0 Å². The van der Waals surface area contributed by atoms with Gasteiger partial charge in [-0.3, -0.25) is 10.1 Å². The lowest BCUT2D eigenvalue weighted by Crippen LogP contribution is -2.30.